The van der Waals surface area contributed by atoms with Crippen molar-refractivity contribution in [2.24, 2.45) is 0 Å². The predicted molar refractivity (Wildman–Crippen MR) is 91.8 cm³/mol. The summed E-state index contributed by atoms with van der Waals surface area (Å²) < 4.78 is 16.4. The minimum Gasteiger partial charge on any atom is -0.335 e. The van der Waals surface area contributed by atoms with Gasteiger partial charge in [0.15, 0.2) is 0 Å². The van der Waals surface area contributed by atoms with E-state index < -0.39 is 0 Å². The van der Waals surface area contributed by atoms with Crippen molar-refractivity contribution in [2.45, 2.75) is 39.3 Å². The van der Waals surface area contributed by atoms with Crippen molar-refractivity contribution in [1.82, 2.24) is 14.9 Å². The molecule has 114 valence electrons. The van der Waals surface area contributed by atoms with Gasteiger partial charge in [0.2, 0.25) is 0 Å². The van der Waals surface area contributed by atoms with Crippen LogP contribution in [0.15, 0.2) is 30.6 Å². The molecule has 2 aromatic rings. The highest BCUT2D eigenvalue weighted by Crippen LogP contribution is 2.24. The van der Waals surface area contributed by atoms with Crippen LogP contribution in [0, 0.1) is 9.39 Å². The first-order valence-corrected chi connectivity index (χ1v) is 8.41. The molecule has 0 saturated carbocycles. The van der Waals surface area contributed by atoms with Gasteiger partial charge in [-0.15, -0.1) is 0 Å². The number of hydrogen-bond acceptors (Lipinski definition) is 2. The van der Waals surface area contributed by atoms with Gasteiger partial charge in [0.05, 0.1) is 0 Å². The van der Waals surface area contributed by atoms with Gasteiger partial charge in [-0.1, -0.05) is 13.0 Å². The average Bonchev–Trinajstić information content (AvgIpc) is 2.91. The summed E-state index contributed by atoms with van der Waals surface area (Å²) in [6, 6.07) is 5.15. The molecule has 21 heavy (non-hydrogen) atoms. The summed E-state index contributed by atoms with van der Waals surface area (Å²) in [6.07, 6.45) is 5.71. The molecule has 5 heteroatoms. The highest BCUT2D eigenvalue weighted by Gasteiger charge is 2.17. The number of nitrogens with one attached hydrogen (secondary N) is 1. The molecular weight excluding hydrogens is 380 g/mol. The molecule has 0 saturated heterocycles. The molecule has 2 rings (SSSR count). The van der Waals surface area contributed by atoms with Crippen molar-refractivity contribution in [3.05, 3.63) is 51.4 Å². The van der Waals surface area contributed by atoms with Crippen LogP contribution in [0.1, 0.15) is 37.7 Å². The van der Waals surface area contributed by atoms with Gasteiger partial charge in [-0.25, -0.2) is 9.37 Å². The van der Waals surface area contributed by atoms with E-state index in [0.29, 0.717) is 0 Å². The number of aromatic nitrogens is 2. The average molecular weight is 401 g/mol. The lowest BCUT2D eigenvalue weighted by Gasteiger charge is -2.20. The molecule has 1 aromatic heterocycles. The Balaban J connectivity index is 2.25. The highest BCUT2D eigenvalue weighted by atomic mass is 127. The van der Waals surface area contributed by atoms with Crippen molar-refractivity contribution >= 4 is 22.6 Å². The van der Waals surface area contributed by atoms with E-state index in [1.807, 2.05) is 18.5 Å². The molecular formula is C16H21FIN3. The number of aryl methyl sites for hydroxylation is 1. The van der Waals surface area contributed by atoms with E-state index in [-0.39, 0.29) is 11.9 Å². The van der Waals surface area contributed by atoms with Crippen LogP contribution >= 0.6 is 22.6 Å². The van der Waals surface area contributed by atoms with Crippen molar-refractivity contribution in [3.63, 3.8) is 0 Å². The maximum atomic E-state index is 13.3. The molecule has 1 atom stereocenters. The molecule has 0 radical (unpaired) electrons. The van der Waals surface area contributed by atoms with Crippen LogP contribution in [0.4, 0.5) is 4.39 Å². The van der Waals surface area contributed by atoms with Gasteiger partial charge in [-0.05, 0) is 60.2 Å². The molecule has 0 aliphatic rings. The van der Waals surface area contributed by atoms with Gasteiger partial charge in [0.25, 0.3) is 0 Å². The fourth-order valence-corrected chi connectivity index (χ4v) is 3.25. The fourth-order valence-electron chi connectivity index (χ4n) is 2.40. The van der Waals surface area contributed by atoms with Crippen molar-refractivity contribution < 1.29 is 4.39 Å². The molecule has 0 spiro atoms. The zero-order valence-corrected chi connectivity index (χ0v) is 14.6. The van der Waals surface area contributed by atoms with Gasteiger partial charge < -0.3 is 9.88 Å². The zero-order chi connectivity index (χ0) is 15.2. The first-order valence-electron chi connectivity index (χ1n) is 7.34. The van der Waals surface area contributed by atoms with Crippen molar-refractivity contribution in [1.29, 1.82) is 0 Å². The zero-order valence-electron chi connectivity index (χ0n) is 12.4. The monoisotopic (exact) mass is 401 g/mol. The lowest BCUT2D eigenvalue weighted by molar-refractivity contribution is 0.503. The third kappa shape index (κ3) is 4.26. The number of halogens is 2. The Morgan fingerprint density at radius 3 is 2.86 bits per heavy atom. The lowest BCUT2D eigenvalue weighted by Crippen LogP contribution is -2.26. The quantitative estimate of drug-likeness (QED) is 0.713. The number of nitrogens with zero attached hydrogens (tertiary/aromatic N) is 2. The summed E-state index contributed by atoms with van der Waals surface area (Å²) in [7, 11) is 0. The largest absolute Gasteiger partial charge is 0.335 e. The van der Waals surface area contributed by atoms with Gasteiger partial charge in [-0.2, -0.15) is 0 Å². The molecule has 1 unspecified atom stereocenters. The van der Waals surface area contributed by atoms with Crippen molar-refractivity contribution in [2.75, 3.05) is 6.54 Å². The first-order chi connectivity index (χ1) is 10.2. The lowest BCUT2D eigenvalue weighted by atomic mass is 10.0. The van der Waals surface area contributed by atoms with Crippen LogP contribution in [0.3, 0.4) is 0 Å². The van der Waals surface area contributed by atoms with Crippen LogP contribution in [0.25, 0.3) is 0 Å². The molecule has 1 heterocycles. The number of imidazole rings is 1. The smallest absolute Gasteiger partial charge is 0.124 e. The van der Waals surface area contributed by atoms with E-state index in [1.165, 1.54) is 6.07 Å². The van der Waals surface area contributed by atoms with Gasteiger partial charge in [0.1, 0.15) is 11.6 Å². The Bertz CT molecular complexity index is 583. The van der Waals surface area contributed by atoms with E-state index in [2.05, 4.69) is 51.3 Å². The van der Waals surface area contributed by atoms with Gasteiger partial charge in [-0.3, -0.25) is 0 Å². The molecule has 0 fully saturated rings. The van der Waals surface area contributed by atoms with E-state index >= 15 is 0 Å². The van der Waals surface area contributed by atoms with Gasteiger partial charge >= 0.3 is 0 Å². The summed E-state index contributed by atoms with van der Waals surface area (Å²) >= 11 is 2.20. The van der Waals surface area contributed by atoms with E-state index in [0.717, 1.165) is 40.9 Å². The van der Waals surface area contributed by atoms with E-state index in [9.17, 15) is 4.39 Å². The Morgan fingerprint density at radius 2 is 2.19 bits per heavy atom. The second kappa shape index (κ2) is 7.89. The Morgan fingerprint density at radius 1 is 1.38 bits per heavy atom. The maximum Gasteiger partial charge on any atom is 0.124 e. The second-order valence-electron chi connectivity index (χ2n) is 5.01. The third-order valence-electron chi connectivity index (χ3n) is 3.51. The predicted octanol–water partition coefficient (Wildman–Crippen LogP) is 3.93. The van der Waals surface area contributed by atoms with E-state index in [1.54, 1.807) is 6.07 Å². The Kier molecular flexibility index (Phi) is 6.17. The third-order valence-corrected chi connectivity index (χ3v) is 4.44. The number of benzene rings is 1. The molecule has 0 amide bonds. The Labute approximate surface area is 139 Å². The summed E-state index contributed by atoms with van der Waals surface area (Å²) in [5, 5.41) is 3.56. The fraction of sp³-hybridized carbons (Fsp3) is 0.438. The van der Waals surface area contributed by atoms with Gasteiger partial charge in [0, 0.05) is 35.0 Å². The number of hydrogen-bond donors (Lipinski definition) is 1. The minimum atomic E-state index is -0.188. The number of rotatable bonds is 7. The summed E-state index contributed by atoms with van der Waals surface area (Å²) in [4.78, 5) is 4.45. The molecule has 1 aromatic carbocycles. The summed E-state index contributed by atoms with van der Waals surface area (Å²) in [6.45, 7) is 6.11. The van der Waals surface area contributed by atoms with Crippen LogP contribution in [-0.4, -0.2) is 16.1 Å². The molecule has 0 aliphatic heterocycles. The minimum absolute atomic E-state index is 0.158. The summed E-state index contributed by atoms with van der Waals surface area (Å²) in [5.41, 5.74) is 1.14. The molecule has 0 aliphatic carbocycles. The SMILES string of the molecule is CCCNC(Cc1nccn1CC)c1ccc(F)cc1I. The first kappa shape index (κ1) is 16.4. The summed E-state index contributed by atoms with van der Waals surface area (Å²) in [5.74, 6) is 0.874. The molecule has 1 N–H and O–H groups in total. The highest BCUT2D eigenvalue weighted by molar-refractivity contribution is 14.1. The topological polar surface area (TPSA) is 29.9 Å². The Hall–Kier alpha value is -0.950. The molecule has 3 nitrogen and oxygen atoms in total. The van der Waals surface area contributed by atoms with Crippen molar-refractivity contribution in [3.8, 4) is 0 Å². The van der Waals surface area contributed by atoms with Crippen LogP contribution in [-0.2, 0) is 13.0 Å². The standard InChI is InChI=1S/C16H21FIN3/c1-3-7-19-15(11-16-20-8-9-21(16)4-2)13-6-5-12(17)10-14(13)18/h5-6,8-10,15,19H,3-4,7,11H2,1-2H3. The van der Waals surface area contributed by atoms with Crippen LogP contribution < -0.4 is 5.32 Å². The van der Waals surface area contributed by atoms with Crippen LogP contribution in [0.2, 0.25) is 0 Å². The normalized spacial score (nSPS) is 12.6. The second-order valence-corrected chi connectivity index (χ2v) is 6.17. The van der Waals surface area contributed by atoms with E-state index in [4.69, 9.17) is 0 Å². The maximum absolute atomic E-state index is 13.3. The van der Waals surface area contributed by atoms with Crippen LogP contribution in [0.5, 0.6) is 0 Å². The molecule has 0 bridgehead atoms.